The highest BCUT2D eigenvalue weighted by Crippen LogP contribution is 2.44. The number of rotatable bonds is 14. The van der Waals surface area contributed by atoms with Crippen molar-refractivity contribution in [2.75, 3.05) is 13.2 Å². The van der Waals surface area contributed by atoms with E-state index < -0.39 is 11.6 Å². The molecule has 5 nitrogen and oxygen atoms in total. The zero-order chi connectivity index (χ0) is 20.4. The van der Waals surface area contributed by atoms with E-state index >= 15 is 0 Å². The number of carbonyl (C=O) groups is 1. The largest absolute Gasteiger partial charge is 0.481 e. The minimum absolute atomic E-state index is 0.211. The zero-order valence-electron chi connectivity index (χ0n) is 18.0. The van der Waals surface area contributed by atoms with Crippen LogP contribution in [0, 0.1) is 11.8 Å². The Morgan fingerprint density at radius 3 is 2.50 bits per heavy atom. The van der Waals surface area contributed by atoms with Crippen LogP contribution in [0.2, 0.25) is 0 Å². The molecule has 1 saturated carbocycles. The van der Waals surface area contributed by atoms with Gasteiger partial charge in [-0.25, -0.2) is 0 Å². The fourth-order valence-electron chi connectivity index (χ4n) is 5.05. The topological polar surface area (TPSA) is 76.0 Å². The summed E-state index contributed by atoms with van der Waals surface area (Å²) in [6.45, 7) is 5.58. The number of fused-ring (bicyclic) bond motifs is 1. The first-order chi connectivity index (χ1) is 13.4. The van der Waals surface area contributed by atoms with Crippen LogP contribution in [0.25, 0.3) is 0 Å². The SMILES string of the molecule is CCCCCC(C)(O)CC[C@H]1CC2OCCOC2[C@@H]1CCCCCCC(=O)O. The van der Waals surface area contributed by atoms with Crippen LogP contribution < -0.4 is 0 Å². The van der Waals surface area contributed by atoms with Crippen molar-refractivity contribution in [1.82, 2.24) is 0 Å². The monoisotopic (exact) mass is 398 g/mol. The van der Waals surface area contributed by atoms with Gasteiger partial charge in [-0.3, -0.25) is 4.79 Å². The molecule has 0 radical (unpaired) electrons. The third kappa shape index (κ3) is 8.00. The molecule has 2 fully saturated rings. The molecule has 0 bridgehead atoms. The molecule has 0 aromatic heterocycles. The van der Waals surface area contributed by atoms with Gasteiger partial charge in [0.05, 0.1) is 31.0 Å². The van der Waals surface area contributed by atoms with Crippen molar-refractivity contribution in [2.45, 2.75) is 115 Å². The summed E-state index contributed by atoms with van der Waals surface area (Å²) >= 11 is 0. The minimum Gasteiger partial charge on any atom is -0.481 e. The van der Waals surface area contributed by atoms with Gasteiger partial charge in [0.15, 0.2) is 0 Å². The summed E-state index contributed by atoms with van der Waals surface area (Å²) in [7, 11) is 0. The maximum atomic E-state index is 10.8. The number of hydrogen-bond donors (Lipinski definition) is 2. The molecule has 2 aliphatic rings. The molecule has 5 heteroatoms. The lowest BCUT2D eigenvalue weighted by Gasteiger charge is -2.31. The Hall–Kier alpha value is -0.650. The van der Waals surface area contributed by atoms with E-state index in [0.29, 0.717) is 25.0 Å². The molecule has 28 heavy (non-hydrogen) atoms. The standard InChI is InChI=1S/C23H42O5/c1-3-4-9-13-23(2,26)14-12-18-17-20-22(28-16-15-27-20)19(18)10-7-5-6-8-11-21(24)25/h18-20,22,26H,3-17H2,1-2H3,(H,24,25)/t18-,19+,20?,22?,23?/m0/s1. The number of aliphatic hydroxyl groups is 1. The fourth-order valence-corrected chi connectivity index (χ4v) is 5.05. The Balaban J connectivity index is 1.79. The first-order valence-electron chi connectivity index (χ1n) is 11.6. The Morgan fingerprint density at radius 2 is 1.75 bits per heavy atom. The van der Waals surface area contributed by atoms with Gasteiger partial charge in [0.2, 0.25) is 0 Å². The van der Waals surface area contributed by atoms with E-state index in [2.05, 4.69) is 6.92 Å². The fraction of sp³-hybridized carbons (Fsp3) is 0.957. The molecule has 0 aromatic carbocycles. The van der Waals surface area contributed by atoms with Gasteiger partial charge in [-0.1, -0.05) is 45.4 Å². The van der Waals surface area contributed by atoms with E-state index in [0.717, 1.165) is 64.2 Å². The van der Waals surface area contributed by atoms with E-state index in [1.165, 1.54) is 12.8 Å². The second kappa shape index (κ2) is 12.1. The van der Waals surface area contributed by atoms with Gasteiger partial charge in [0.25, 0.3) is 0 Å². The number of ether oxygens (including phenoxy) is 2. The lowest BCUT2D eigenvalue weighted by atomic mass is 9.82. The maximum absolute atomic E-state index is 10.8. The molecule has 2 rings (SSSR count). The van der Waals surface area contributed by atoms with Crippen LogP contribution in [0.4, 0.5) is 0 Å². The van der Waals surface area contributed by atoms with Crippen molar-refractivity contribution < 1.29 is 24.5 Å². The van der Waals surface area contributed by atoms with Crippen molar-refractivity contribution in [3.05, 3.63) is 0 Å². The third-order valence-electron chi connectivity index (χ3n) is 6.71. The van der Waals surface area contributed by atoms with Crippen LogP contribution in [-0.2, 0) is 14.3 Å². The second-order valence-electron chi connectivity index (χ2n) is 9.24. The average Bonchev–Trinajstić information content (AvgIpc) is 3.00. The predicted molar refractivity (Wildman–Crippen MR) is 110 cm³/mol. The summed E-state index contributed by atoms with van der Waals surface area (Å²) in [4.78, 5) is 10.6. The Morgan fingerprint density at radius 1 is 1.00 bits per heavy atom. The predicted octanol–water partition coefficient (Wildman–Crippen LogP) is 4.94. The van der Waals surface area contributed by atoms with Gasteiger partial charge >= 0.3 is 5.97 Å². The highest BCUT2D eigenvalue weighted by molar-refractivity contribution is 5.66. The number of hydrogen-bond acceptors (Lipinski definition) is 4. The summed E-state index contributed by atoms with van der Waals surface area (Å²) in [5, 5.41) is 19.5. The number of carboxylic acids is 1. The Labute approximate surface area is 171 Å². The summed E-state index contributed by atoms with van der Waals surface area (Å²) < 4.78 is 12.1. The molecule has 1 saturated heterocycles. The van der Waals surface area contributed by atoms with Gasteiger partial charge in [0.1, 0.15) is 0 Å². The molecule has 3 unspecified atom stereocenters. The summed E-state index contributed by atoms with van der Waals surface area (Å²) in [5.74, 6) is 0.374. The molecular weight excluding hydrogens is 356 g/mol. The van der Waals surface area contributed by atoms with Crippen LogP contribution in [0.3, 0.4) is 0 Å². The highest BCUT2D eigenvalue weighted by Gasteiger charge is 2.45. The van der Waals surface area contributed by atoms with Gasteiger partial charge in [-0.15, -0.1) is 0 Å². The van der Waals surface area contributed by atoms with Crippen molar-refractivity contribution in [2.24, 2.45) is 11.8 Å². The van der Waals surface area contributed by atoms with Gasteiger partial charge < -0.3 is 19.7 Å². The van der Waals surface area contributed by atoms with E-state index in [1.54, 1.807) is 0 Å². The lowest BCUT2D eigenvalue weighted by Crippen LogP contribution is -2.38. The second-order valence-corrected chi connectivity index (χ2v) is 9.24. The minimum atomic E-state index is -0.697. The van der Waals surface area contributed by atoms with E-state index in [4.69, 9.17) is 14.6 Å². The molecule has 1 aliphatic carbocycles. The van der Waals surface area contributed by atoms with Gasteiger partial charge in [0, 0.05) is 6.42 Å². The molecular formula is C23H42O5. The van der Waals surface area contributed by atoms with Crippen molar-refractivity contribution in [3.63, 3.8) is 0 Å². The smallest absolute Gasteiger partial charge is 0.303 e. The van der Waals surface area contributed by atoms with E-state index in [9.17, 15) is 9.90 Å². The summed E-state index contributed by atoms with van der Waals surface area (Å²) in [6.07, 6.45) is 13.1. The number of unbranched alkanes of at least 4 members (excludes halogenated alkanes) is 5. The maximum Gasteiger partial charge on any atom is 0.303 e. The number of carboxylic acid groups (broad SMARTS) is 1. The average molecular weight is 399 g/mol. The summed E-state index contributed by atoms with van der Waals surface area (Å²) in [5.41, 5.74) is -0.563. The quantitative estimate of drug-likeness (QED) is 0.405. The van der Waals surface area contributed by atoms with E-state index in [-0.39, 0.29) is 18.6 Å². The number of aliphatic carboxylic acids is 1. The lowest BCUT2D eigenvalue weighted by molar-refractivity contribution is -0.138. The highest BCUT2D eigenvalue weighted by atomic mass is 16.6. The molecule has 5 atom stereocenters. The molecule has 164 valence electrons. The Bertz CT molecular complexity index is 450. The van der Waals surface area contributed by atoms with Crippen LogP contribution in [0.15, 0.2) is 0 Å². The third-order valence-corrected chi connectivity index (χ3v) is 6.71. The first-order valence-corrected chi connectivity index (χ1v) is 11.6. The van der Waals surface area contributed by atoms with Crippen LogP contribution >= 0.6 is 0 Å². The van der Waals surface area contributed by atoms with Crippen LogP contribution in [-0.4, -0.2) is 47.2 Å². The molecule has 1 aliphatic heterocycles. The molecule has 2 N–H and O–H groups in total. The van der Waals surface area contributed by atoms with Crippen molar-refractivity contribution in [3.8, 4) is 0 Å². The van der Waals surface area contributed by atoms with Crippen molar-refractivity contribution in [1.29, 1.82) is 0 Å². The molecule has 0 aromatic rings. The van der Waals surface area contributed by atoms with Crippen LogP contribution in [0.5, 0.6) is 0 Å². The summed E-state index contributed by atoms with van der Waals surface area (Å²) in [6, 6.07) is 0. The van der Waals surface area contributed by atoms with Gasteiger partial charge in [-0.2, -0.15) is 0 Å². The van der Waals surface area contributed by atoms with Crippen LogP contribution in [0.1, 0.15) is 97.3 Å². The van der Waals surface area contributed by atoms with E-state index in [1.807, 2.05) is 6.92 Å². The van der Waals surface area contributed by atoms with Gasteiger partial charge in [-0.05, 0) is 57.3 Å². The first kappa shape index (κ1) is 23.6. The Kier molecular flexibility index (Phi) is 10.2. The normalized spacial score (nSPS) is 29.4. The molecule has 0 amide bonds. The van der Waals surface area contributed by atoms with Crippen molar-refractivity contribution >= 4 is 5.97 Å². The molecule has 0 spiro atoms. The molecule has 1 heterocycles. The zero-order valence-corrected chi connectivity index (χ0v) is 18.0.